The van der Waals surface area contributed by atoms with Crippen molar-refractivity contribution in [1.29, 1.82) is 0 Å². The van der Waals surface area contributed by atoms with Crippen LogP contribution in [0.5, 0.6) is 0 Å². The molecule has 98 valence electrons. The van der Waals surface area contributed by atoms with Gasteiger partial charge in [0.15, 0.2) is 0 Å². The van der Waals surface area contributed by atoms with Gasteiger partial charge in [-0.05, 0) is 18.2 Å². The summed E-state index contributed by atoms with van der Waals surface area (Å²) in [6.07, 6.45) is 1.89. The molecular weight excluding hydrogens is 415 g/mol. The topological polar surface area (TPSA) is 17.8 Å². The largest absolute Gasteiger partial charge is 0.258 e. The molecule has 3 aromatic rings. The van der Waals surface area contributed by atoms with Crippen molar-refractivity contribution in [3.63, 3.8) is 0 Å². The molecule has 1 heterocycles. The van der Waals surface area contributed by atoms with Crippen molar-refractivity contribution < 1.29 is 21.1 Å². The molecule has 1 aromatic heterocycles. The Morgan fingerprint density at radius 1 is 1.00 bits per heavy atom. The van der Waals surface area contributed by atoms with E-state index < -0.39 is 0 Å². The van der Waals surface area contributed by atoms with Crippen molar-refractivity contribution in [3.8, 4) is 16.9 Å². The van der Waals surface area contributed by atoms with Crippen molar-refractivity contribution in [3.05, 3.63) is 72.4 Å². The Bertz CT molecular complexity index is 645. The van der Waals surface area contributed by atoms with Crippen LogP contribution in [0, 0.1) is 13.0 Å². The third kappa shape index (κ3) is 2.69. The van der Waals surface area contributed by atoms with Gasteiger partial charge in [-0.3, -0.25) is 4.68 Å². The maximum atomic E-state index is 4.45. The zero-order valence-electron chi connectivity index (χ0n) is 10.5. The van der Waals surface area contributed by atoms with E-state index in [1.807, 2.05) is 53.3 Å². The van der Waals surface area contributed by atoms with Crippen LogP contribution in [-0.4, -0.2) is 9.78 Å². The predicted molar refractivity (Wildman–Crippen MR) is 72.6 cm³/mol. The van der Waals surface area contributed by atoms with E-state index in [4.69, 9.17) is 0 Å². The first kappa shape index (κ1) is 13.8. The molecule has 0 bridgehead atoms. The van der Waals surface area contributed by atoms with Gasteiger partial charge in [0.05, 0.1) is 11.9 Å². The second-order valence-corrected chi connectivity index (χ2v) is 4.20. The molecule has 3 heteroatoms. The zero-order valence-corrected chi connectivity index (χ0v) is 12.8. The fourth-order valence-corrected chi connectivity index (χ4v) is 2.07. The summed E-state index contributed by atoms with van der Waals surface area (Å²) in [5.74, 6) is 0. The number of hydrogen-bond donors (Lipinski definition) is 0. The van der Waals surface area contributed by atoms with Gasteiger partial charge in [0.25, 0.3) is 0 Å². The number of rotatable bonds is 2. The molecule has 0 aliphatic carbocycles. The van der Waals surface area contributed by atoms with Crippen molar-refractivity contribution in [2.45, 2.75) is 6.92 Å². The van der Waals surface area contributed by atoms with Gasteiger partial charge in [-0.15, -0.1) is 6.07 Å². The average molecular weight is 428 g/mol. The molecule has 0 N–H and O–H groups in total. The maximum Gasteiger partial charge on any atom is 0.0745 e. The molecule has 0 spiro atoms. The van der Waals surface area contributed by atoms with Crippen LogP contribution in [0.1, 0.15) is 5.56 Å². The van der Waals surface area contributed by atoms with Crippen molar-refractivity contribution in [1.82, 2.24) is 9.78 Å². The SMILES string of the molecule is Cc1cnn(-c2[c-]cccc2)c1-c1ccccc1.[Pt]. The van der Waals surface area contributed by atoms with E-state index in [0.29, 0.717) is 0 Å². The summed E-state index contributed by atoms with van der Waals surface area (Å²) >= 11 is 0. The van der Waals surface area contributed by atoms with Crippen LogP contribution in [0.2, 0.25) is 0 Å². The Balaban J connectivity index is 0.00000133. The molecule has 0 aliphatic rings. The normalized spacial score (nSPS) is 9.95. The number of para-hydroxylation sites is 1. The fraction of sp³-hybridized carbons (Fsp3) is 0.0625. The molecule has 0 amide bonds. The van der Waals surface area contributed by atoms with E-state index in [-0.39, 0.29) is 21.1 Å². The Morgan fingerprint density at radius 2 is 1.74 bits per heavy atom. The van der Waals surface area contributed by atoms with Gasteiger partial charge in [0.1, 0.15) is 0 Å². The third-order valence-electron chi connectivity index (χ3n) is 2.92. The second kappa shape index (κ2) is 5.99. The molecular formula is C16H13N2Pt-. The van der Waals surface area contributed by atoms with Crippen molar-refractivity contribution in [2.75, 3.05) is 0 Å². The summed E-state index contributed by atoms with van der Waals surface area (Å²) in [7, 11) is 0. The summed E-state index contributed by atoms with van der Waals surface area (Å²) in [4.78, 5) is 0. The van der Waals surface area contributed by atoms with E-state index in [1.54, 1.807) is 0 Å². The third-order valence-corrected chi connectivity index (χ3v) is 2.92. The van der Waals surface area contributed by atoms with Crippen LogP contribution in [0.4, 0.5) is 0 Å². The number of aryl methyl sites for hydroxylation is 1. The van der Waals surface area contributed by atoms with Crippen LogP contribution < -0.4 is 0 Å². The summed E-state index contributed by atoms with van der Waals surface area (Å²) in [6.45, 7) is 2.08. The quantitative estimate of drug-likeness (QED) is 0.570. The summed E-state index contributed by atoms with van der Waals surface area (Å²) in [6, 6.07) is 21.4. The van der Waals surface area contributed by atoms with E-state index in [2.05, 4.69) is 30.2 Å². The Kier molecular flexibility index (Phi) is 4.34. The molecule has 0 radical (unpaired) electrons. The van der Waals surface area contributed by atoms with Crippen LogP contribution in [0.3, 0.4) is 0 Å². The van der Waals surface area contributed by atoms with Crippen molar-refractivity contribution in [2.24, 2.45) is 0 Å². The molecule has 0 aliphatic heterocycles. The van der Waals surface area contributed by atoms with Crippen LogP contribution in [-0.2, 0) is 21.1 Å². The first-order valence-electron chi connectivity index (χ1n) is 5.93. The fourth-order valence-electron chi connectivity index (χ4n) is 2.07. The van der Waals surface area contributed by atoms with Crippen LogP contribution >= 0.6 is 0 Å². The molecule has 0 fully saturated rings. The minimum atomic E-state index is 0. The molecule has 0 saturated carbocycles. The second-order valence-electron chi connectivity index (χ2n) is 4.20. The summed E-state index contributed by atoms with van der Waals surface area (Å²) in [5.41, 5.74) is 4.42. The van der Waals surface area contributed by atoms with Gasteiger partial charge in [0.2, 0.25) is 0 Å². The minimum Gasteiger partial charge on any atom is -0.258 e. The van der Waals surface area contributed by atoms with E-state index in [0.717, 1.165) is 11.4 Å². The smallest absolute Gasteiger partial charge is 0.0745 e. The Morgan fingerprint density at radius 3 is 2.42 bits per heavy atom. The summed E-state index contributed by atoms with van der Waals surface area (Å²) < 4.78 is 1.94. The van der Waals surface area contributed by atoms with E-state index in [9.17, 15) is 0 Å². The van der Waals surface area contributed by atoms with Gasteiger partial charge in [-0.25, -0.2) is 0 Å². The van der Waals surface area contributed by atoms with Gasteiger partial charge in [0, 0.05) is 26.6 Å². The molecule has 0 atom stereocenters. The number of nitrogens with zero attached hydrogens (tertiary/aromatic N) is 2. The number of hydrogen-bond acceptors (Lipinski definition) is 1. The Labute approximate surface area is 127 Å². The van der Waals surface area contributed by atoms with Gasteiger partial charge >= 0.3 is 0 Å². The molecule has 0 unspecified atom stereocenters. The minimum absolute atomic E-state index is 0. The monoisotopic (exact) mass is 428 g/mol. The number of aromatic nitrogens is 2. The predicted octanol–water partition coefficient (Wildman–Crippen LogP) is 3.65. The standard InChI is InChI=1S/C16H13N2.Pt/c1-13-12-17-18(15-10-6-3-7-11-15)16(13)14-8-4-2-5-9-14;/h2-10,12H,1H3;/q-1;. The molecule has 3 rings (SSSR count). The van der Waals surface area contributed by atoms with Crippen LogP contribution in [0.25, 0.3) is 16.9 Å². The first-order chi connectivity index (χ1) is 8.86. The molecule has 2 nitrogen and oxygen atoms in total. The van der Waals surface area contributed by atoms with Gasteiger partial charge in [-0.1, -0.05) is 30.3 Å². The molecule has 0 saturated heterocycles. The molecule has 19 heavy (non-hydrogen) atoms. The van der Waals surface area contributed by atoms with E-state index in [1.165, 1.54) is 11.1 Å². The van der Waals surface area contributed by atoms with E-state index >= 15 is 0 Å². The van der Waals surface area contributed by atoms with Gasteiger partial charge in [-0.2, -0.15) is 29.4 Å². The summed E-state index contributed by atoms with van der Waals surface area (Å²) in [5, 5.41) is 4.45. The zero-order chi connectivity index (χ0) is 12.4. The molecule has 2 aromatic carbocycles. The maximum absolute atomic E-state index is 4.45. The number of benzene rings is 2. The van der Waals surface area contributed by atoms with Crippen molar-refractivity contribution >= 4 is 0 Å². The first-order valence-corrected chi connectivity index (χ1v) is 5.93. The Hall–Kier alpha value is -1.66. The average Bonchev–Trinajstić information content (AvgIpc) is 2.83. The van der Waals surface area contributed by atoms with Gasteiger partial charge < -0.3 is 0 Å². The van der Waals surface area contributed by atoms with Crippen LogP contribution in [0.15, 0.2) is 60.8 Å².